The van der Waals surface area contributed by atoms with Crippen molar-refractivity contribution in [3.05, 3.63) is 53.1 Å². The number of methoxy groups -OCH3 is 2. The summed E-state index contributed by atoms with van der Waals surface area (Å²) < 4.78 is 10.5. The minimum Gasteiger partial charge on any atom is -0.502 e. The molecule has 1 aliphatic carbocycles. The molecule has 0 radical (unpaired) electrons. The topological polar surface area (TPSA) is 55.3 Å². The minimum atomic E-state index is 0.0572. The maximum Gasteiger partial charge on any atom is 0.200 e. The molecular weight excluding hydrogens is 290 g/mol. The van der Waals surface area contributed by atoms with Gasteiger partial charge in [-0.15, -0.1) is 0 Å². The molecule has 2 aromatic rings. The first-order valence-electron chi connectivity index (χ1n) is 8.08. The van der Waals surface area contributed by atoms with Crippen LogP contribution in [0.15, 0.2) is 36.4 Å². The third-order valence-electron chi connectivity index (χ3n) is 4.59. The van der Waals surface area contributed by atoms with Gasteiger partial charge in [-0.05, 0) is 30.5 Å². The van der Waals surface area contributed by atoms with Crippen LogP contribution in [0, 0.1) is 0 Å². The lowest BCUT2D eigenvalue weighted by Crippen LogP contribution is -2.84. The first-order valence-corrected chi connectivity index (χ1v) is 8.08. The summed E-state index contributed by atoms with van der Waals surface area (Å²) >= 11 is 0. The Kier molecular flexibility index (Phi) is 4.72. The van der Waals surface area contributed by atoms with Crippen molar-refractivity contribution in [3.8, 4) is 17.2 Å². The van der Waals surface area contributed by atoms with E-state index in [1.807, 2.05) is 12.1 Å². The number of hydrogen-bond acceptors (Lipinski definition) is 3. The number of ether oxygens (including phenoxy) is 2. The minimum absolute atomic E-state index is 0.0572. The monoisotopic (exact) mass is 314 g/mol. The maximum atomic E-state index is 10.0. The van der Waals surface area contributed by atoms with Gasteiger partial charge < -0.3 is 19.9 Å². The van der Waals surface area contributed by atoms with Crippen molar-refractivity contribution in [1.29, 1.82) is 0 Å². The van der Waals surface area contributed by atoms with E-state index in [-0.39, 0.29) is 5.75 Å². The first-order chi connectivity index (χ1) is 11.2. The number of phenolic OH excluding ortho intramolecular Hbond substituents is 1. The van der Waals surface area contributed by atoms with Crippen molar-refractivity contribution < 1.29 is 19.9 Å². The van der Waals surface area contributed by atoms with Crippen molar-refractivity contribution in [2.75, 3.05) is 14.2 Å². The molecule has 4 heteroatoms. The first kappa shape index (κ1) is 15.7. The summed E-state index contributed by atoms with van der Waals surface area (Å²) in [6, 6.07) is 13.0. The van der Waals surface area contributed by atoms with E-state index < -0.39 is 0 Å². The Morgan fingerprint density at radius 3 is 2.52 bits per heavy atom. The molecule has 0 fully saturated rings. The van der Waals surface area contributed by atoms with Crippen LogP contribution in [0.4, 0.5) is 0 Å². The van der Waals surface area contributed by atoms with E-state index in [0.717, 1.165) is 12.1 Å². The molecule has 0 spiro atoms. The van der Waals surface area contributed by atoms with Gasteiger partial charge in [0.05, 0.1) is 14.2 Å². The highest BCUT2D eigenvalue weighted by molar-refractivity contribution is 5.52. The molecule has 0 aliphatic heterocycles. The molecule has 122 valence electrons. The third-order valence-corrected chi connectivity index (χ3v) is 4.59. The molecule has 23 heavy (non-hydrogen) atoms. The van der Waals surface area contributed by atoms with E-state index in [4.69, 9.17) is 9.47 Å². The summed E-state index contributed by atoms with van der Waals surface area (Å²) in [4.78, 5) is 0. The fraction of sp³-hybridized carbons (Fsp3) is 0.368. The lowest BCUT2D eigenvalue weighted by Gasteiger charge is -2.24. The van der Waals surface area contributed by atoms with Gasteiger partial charge in [-0.2, -0.15) is 0 Å². The van der Waals surface area contributed by atoms with E-state index in [0.29, 0.717) is 17.5 Å². The average Bonchev–Trinajstić information content (AvgIpc) is 2.60. The van der Waals surface area contributed by atoms with Crippen LogP contribution in [0.1, 0.15) is 35.6 Å². The summed E-state index contributed by atoms with van der Waals surface area (Å²) in [5, 5.41) is 12.4. The molecule has 4 nitrogen and oxygen atoms in total. The van der Waals surface area contributed by atoms with E-state index >= 15 is 0 Å². The molecule has 1 aliphatic rings. The lowest BCUT2D eigenvalue weighted by molar-refractivity contribution is -0.712. The van der Waals surface area contributed by atoms with Gasteiger partial charge in [0.1, 0.15) is 12.6 Å². The zero-order valence-electron chi connectivity index (χ0n) is 13.7. The number of benzene rings is 2. The second-order valence-electron chi connectivity index (χ2n) is 5.99. The largest absolute Gasteiger partial charge is 0.502 e. The summed E-state index contributed by atoms with van der Waals surface area (Å²) in [7, 11) is 3.11. The molecule has 0 unspecified atom stereocenters. The van der Waals surface area contributed by atoms with E-state index in [9.17, 15) is 5.11 Å². The Morgan fingerprint density at radius 1 is 1.13 bits per heavy atom. The molecular formula is C19H24NO3+. The van der Waals surface area contributed by atoms with E-state index in [1.54, 1.807) is 14.2 Å². The van der Waals surface area contributed by atoms with Crippen LogP contribution in [0.5, 0.6) is 17.2 Å². The summed E-state index contributed by atoms with van der Waals surface area (Å²) in [5.74, 6) is 0.968. The average molecular weight is 314 g/mol. The van der Waals surface area contributed by atoms with Crippen LogP contribution < -0.4 is 14.8 Å². The fourth-order valence-electron chi connectivity index (χ4n) is 3.38. The smallest absolute Gasteiger partial charge is 0.200 e. The molecule has 3 rings (SSSR count). The maximum absolute atomic E-state index is 10.0. The number of rotatable bonds is 5. The Bertz CT molecular complexity index is 659. The molecule has 2 aromatic carbocycles. The van der Waals surface area contributed by atoms with Crippen LogP contribution in [0.2, 0.25) is 0 Å². The van der Waals surface area contributed by atoms with Crippen molar-refractivity contribution >= 4 is 0 Å². The third kappa shape index (κ3) is 3.27. The Morgan fingerprint density at radius 2 is 1.83 bits per heavy atom. The SMILES string of the molecule is COc1cc(C[NH2+][C@@H]2CCCc3ccccc32)cc(OC)c1O. The van der Waals surface area contributed by atoms with Gasteiger partial charge in [0.15, 0.2) is 11.5 Å². The lowest BCUT2D eigenvalue weighted by atomic mass is 9.87. The van der Waals surface area contributed by atoms with Gasteiger partial charge in [-0.25, -0.2) is 0 Å². The quantitative estimate of drug-likeness (QED) is 0.892. The molecule has 0 amide bonds. The predicted molar refractivity (Wildman–Crippen MR) is 89.0 cm³/mol. The molecule has 0 saturated carbocycles. The van der Waals surface area contributed by atoms with Crippen LogP contribution >= 0.6 is 0 Å². The van der Waals surface area contributed by atoms with Crippen molar-refractivity contribution in [1.82, 2.24) is 0 Å². The Labute approximate surface area is 137 Å². The number of quaternary nitrogens is 1. The van der Waals surface area contributed by atoms with Crippen molar-refractivity contribution in [3.63, 3.8) is 0 Å². The number of nitrogens with two attached hydrogens (primary N) is 1. The zero-order valence-corrected chi connectivity index (χ0v) is 13.7. The molecule has 1 atom stereocenters. The zero-order chi connectivity index (χ0) is 16.2. The highest BCUT2D eigenvalue weighted by Crippen LogP contribution is 2.37. The van der Waals surface area contributed by atoms with Gasteiger partial charge in [0.25, 0.3) is 0 Å². The standard InChI is InChI=1S/C19H23NO3/c1-22-17-10-13(11-18(23-2)19(17)21)12-20-16-9-5-7-14-6-3-4-8-15(14)16/h3-4,6,8,10-11,16,20-21H,5,7,9,12H2,1-2H3/p+1/t16-/m1/s1. The number of aromatic hydroxyl groups is 1. The molecule has 0 heterocycles. The van der Waals surface area contributed by atoms with Gasteiger partial charge in [0, 0.05) is 17.5 Å². The predicted octanol–water partition coefficient (Wildman–Crippen LogP) is 2.55. The Hall–Kier alpha value is -2.20. The van der Waals surface area contributed by atoms with Crippen LogP contribution in [-0.4, -0.2) is 19.3 Å². The second-order valence-corrected chi connectivity index (χ2v) is 5.99. The molecule has 0 aromatic heterocycles. The number of aryl methyl sites for hydroxylation is 1. The van der Waals surface area contributed by atoms with Crippen LogP contribution in [0.25, 0.3) is 0 Å². The summed E-state index contributed by atoms with van der Waals surface area (Å²) in [5.41, 5.74) is 4.01. The van der Waals surface area contributed by atoms with Crippen LogP contribution in [-0.2, 0) is 13.0 Å². The number of fused-ring (bicyclic) bond motifs is 1. The van der Waals surface area contributed by atoms with Gasteiger partial charge in [-0.3, -0.25) is 0 Å². The Balaban J connectivity index is 1.77. The van der Waals surface area contributed by atoms with Crippen molar-refractivity contribution in [2.24, 2.45) is 0 Å². The highest BCUT2D eigenvalue weighted by Gasteiger charge is 2.22. The van der Waals surface area contributed by atoms with Gasteiger partial charge in [-0.1, -0.05) is 24.3 Å². The number of hydrogen-bond donors (Lipinski definition) is 2. The molecule has 0 saturated heterocycles. The fourth-order valence-corrected chi connectivity index (χ4v) is 3.38. The van der Waals surface area contributed by atoms with Gasteiger partial charge in [0.2, 0.25) is 5.75 Å². The molecule has 3 N–H and O–H groups in total. The highest BCUT2D eigenvalue weighted by atomic mass is 16.5. The van der Waals surface area contributed by atoms with Crippen molar-refractivity contribution in [2.45, 2.75) is 31.8 Å². The second kappa shape index (κ2) is 6.92. The molecule has 0 bridgehead atoms. The summed E-state index contributed by atoms with van der Waals surface area (Å²) in [6.45, 7) is 0.825. The van der Waals surface area contributed by atoms with E-state index in [2.05, 4.69) is 29.6 Å². The summed E-state index contributed by atoms with van der Waals surface area (Å²) in [6.07, 6.45) is 3.62. The van der Waals surface area contributed by atoms with Crippen LogP contribution in [0.3, 0.4) is 0 Å². The van der Waals surface area contributed by atoms with Gasteiger partial charge >= 0.3 is 0 Å². The number of phenols is 1. The van der Waals surface area contributed by atoms with E-state index in [1.165, 1.54) is 30.4 Å². The normalized spacial score (nSPS) is 16.7.